The van der Waals surface area contributed by atoms with Crippen LogP contribution in [0.2, 0.25) is 0 Å². The van der Waals surface area contributed by atoms with Crippen LogP contribution in [0, 0.1) is 12.7 Å². The van der Waals surface area contributed by atoms with Gasteiger partial charge in [0.1, 0.15) is 11.5 Å². The minimum atomic E-state index is -0.273. The summed E-state index contributed by atoms with van der Waals surface area (Å²) in [5.74, 6) is 0.397. The molecule has 4 heteroatoms. The van der Waals surface area contributed by atoms with Crippen LogP contribution in [0.15, 0.2) is 36.5 Å². The van der Waals surface area contributed by atoms with E-state index in [2.05, 4.69) is 15.0 Å². The number of aromatic nitrogens is 3. The largest absolute Gasteiger partial charge is 0.337 e. The minimum absolute atomic E-state index is 0.273. The average Bonchev–Trinajstić information content (AvgIpc) is 2.72. The molecule has 3 nitrogen and oxygen atoms in total. The van der Waals surface area contributed by atoms with Gasteiger partial charge in [-0.3, -0.25) is 4.98 Å². The smallest absolute Gasteiger partial charge is 0.157 e. The summed E-state index contributed by atoms with van der Waals surface area (Å²) < 4.78 is 13.1. The highest BCUT2D eigenvalue weighted by Crippen LogP contribution is 2.21. The second-order valence-electron chi connectivity index (χ2n) is 3.92. The Morgan fingerprint density at radius 1 is 1.24 bits per heavy atom. The summed E-state index contributed by atoms with van der Waals surface area (Å²) in [6.07, 6.45) is 1.72. The van der Waals surface area contributed by atoms with E-state index < -0.39 is 0 Å². The van der Waals surface area contributed by atoms with E-state index >= 15 is 0 Å². The molecule has 2 aromatic heterocycles. The van der Waals surface area contributed by atoms with Crippen LogP contribution in [0.4, 0.5) is 4.39 Å². The number of nitrogens with one attached hydrogen (secondary N) is 1. The number of H-pyrrole nitrogens is 1. The lowest BCUT2D eigenvalue weighted by atomic mass is 10.2. The number of rotatable bonds is 1. The van der Waals surface area contributed by atoms with E-state index in [1.54, 1.807) is 12.3 Å². The van der Waals surface area contributed by atoms with Crippen molar-refractivity contribution in [1.29, 1.82) is 0 Å². The van der Waals surface area contributed by atoms with Crippen LogP contribution in [-0.4, -0.2) is 15.0 Å². The van der Waals surface area contributed by atoms with Gasteiger partial charge in [-0.05, 0) is 36.8 Å². The second-order valence-corrected chi connectivity index (χ2v) is 3.92. The van der Waals surface area contributed by atoms with E-state index in [1.807, 2.05) is 19.1 Å². The summed E-state index contributed by atoms with van der Waals surface area (Å²) in [6, 6.07) is 8.34. The maximum Gasteiger partial charge on any atom is 0.157 e. The molecule has 0 saturated carbocycles. The normalized spacial score (nSPS) is 10.9. The molecule has 84 valence electrons. The van der Waals surface area contributed by atoms with Crippen LogP contribution in [-0.2, 0) is 0 Å². The molecule has 0 radical (unpaired) electrons. The zero-order chi connectivity index (χ0) is 11.8. The number of pyridine rings is 1. The molecule has 0 unspecified atom stereocenters. The van der Waals surface area contributed by atoms with Gasteiger partial charge in [-0.1, -0.05) is 6.07 Å². The summed E-state index contributed by atoms with van der Waals surface area (Å²) in [5, 5.41) is 0. The quantitative estimate of drug-likeness (QED) is 0.694. The number of benzene rings is 1. The number of aryl methyl sites for hydroxylation is 1. The highest BCUT2D eigenvalue weighted by atomic mass is 19.1. The molecule has 0 saturated heterocycles. The number of halogens is 1. The number of aromatic amines is 1. The van der Waals surface area contributed by atoms with Gasteiger partial charge in [0.05, 0.1) is 11.0 Å². The van der Waals surface area contributed by atoms with Crippen LogP contribution in [0.25, 0.3) is 22.6 Å². The summed E-state index contributed by atoms with van der Waals surface area (Å²) in [4.78, 5) is 11.8. The third kappa shape index (κ3) is 1.67. The lowest BCUT2D eigenvalue weighted by Crippen LogP contribution is -1.88. The maximum absolute atomic E-state index is 13.1. The zero-order valence-electron chi connectivity index (χ0n) is 9.24. The summed E-state index contributed by atoms with van der Waals surface area (Å²) in [7, 11) is 0. The topological polar surface area (TPSA) is 41.6 Å². The Kier molecular flexibility index (Phi) is 2.14. The van der Waals surface area contributed by atoms with Crippen LogP contribution in [0.3, 0.4) is 0 Å². The standard InChI is InChI=1S/C13H10FN3/c1-8-3-2-6-15-12(8)13-16-10-5-4-9(14)7-11(10)17-13/h2-7H,1H3,(H,16,17). The van der Waals surface area contributed by atoms with E-state index in [1.165, 1.54) is 12.1 Å². The first-order chi connectivity index (χ1) is 8.24. The van der Waals surface area contributed by atoms with Crippen LogP contribution < -0.4 is 0 Å². The Labute approximate surface area is 97.3 Å². The molecular formula is C13H10FN3. The second kappa shape index (κ2) is 3.66. The van der Waals surface area contributed by atoms with Crippen molar-refractivity contribution < 1.29 is 4.39 Å². The van der Waals surface area contributed by atoms with Gasteiger partial charge in [-0.2, -0.15) is 0 Å². The zero-order valence-corrected chi connectivity index (χ0v) is 9.24. The van der Waals surface area contributed by atoms with Gasteiger partial charge in [0.25, 0.3) is 0 Å². The van der Waals surface area contributed by atoms with Crippen LogP contribution >= 0.6 is 0 Å². The fourth-order valence-electron chi connectivity index (χ4n) is 1.83. The van der Waals surface area contributed by atoms with Gasteiger partial charge in [-0.15, -0.1) is 0 Å². The number of imidazole rings is 1. The molecule has 3 aromatic rings. The van der Waals surface area contributed by atoms with Crippen LogP contribution in [0.5, 0.6) is 0 Å². The Bertz CT molecular complexity index is 688. The molecule has 2 heterocycles. The first-order valence-electron chi connectivity index (χ1n) is 5.31. The summed E-state index contributed by atoms with van der Waals surface area (Å²) in [6.45, 7) is 1.97. The molecule has 0 fully saturated rings. The molecule has 0 aliphatic carbocycles. The van der Waals surface area contributed by atoms with Crippen molar-refractivity contribution in [1.82, 2.24) is 15.0 Å². The van der Waals surface area contributed by atoms with Crippen molar-refractivity contribution >= 4 is 11.0 Å². The van der Waals surface area contributed by atoms with Gasteiger partial charge in [0.15, 0.2) is 5.82 Å². The molecule has 1 N–H and O–H groups in total. The first kappa shape index (κ1) is 9.96. The predicted octanol–water partition coefficient (Wildman–Crippen LogP) is 3.07. The number of hydrogen-bond donors (Lipinski definition) is 1. The molecular weight excluding hydrogens is 217 g/mol. The maximum atomic E-state index is 13.1. The predicted molar refractivity (Wildman–Crippen MR) is 64.0 cm³/mol. The van der Waals surface area contributed by atoms with E-state index in [9.17, 15) is 4.39 Å². The van der Waals surface area contributed by atoms with Crippen molar-refractivity contribution in [2.45, 2.75) is 6.92 Å². The van der Waals surface area contributed by atoms with E-state index in [0.29, 0.717) is 11.3 Å². The SMILES string of the molecule is Cc1cccnc1-c1nc2ccc(F)cc2[nH]1. The fourth-order valence-corrected chi connectivity index (χ4v) is 1.83. The Balaban J connectivity index is 2.22. The Morgan fingerprint density at radius 2 is 2.12 bits per heavy atom. The monoisotopic (exact) mass is 227 g/mol. The number of hydrogen-bond acceptors (Lipinski definition) is 2. The third-order valence-corrected chi connectivity index (χ3v) is 2.68. The van der Waals surface area contributed by atoms with Gasteiger partial charge in [0, 0.05) is 6.20 Å². The highest BCUT2D eigenvalue weighted by Gasteiger charge is 2.08. The molecule has 0 aliphatic heterocycles. The first-order valence-corrected chi connectivity index (χ1v) is 5.31. The summed E-state index contributed by atoms with van der Waals surface area (Å²) >= 11 is 0. The summed E-state index contributed by atoms with van der Waals surface area (Å²) in [5.41, 5.74) is 3.26. The molecule has 0 aliphatic rings. The van der Waals surface area contributed by atoms with E-state index in [4.69, 9.17) is 0 Å². The molecule has 0 spiro atoms. The van der Waals surface area contributed by atoms with Gasteiger partial charge in [-0.25, -0.2) is 9.37 Å². The lowest BCUT2D eigenvalue weighted by Gasteiger charge is -1.98. The van der Waals surface area contributed by atoms with Crippen LogP contribution in [0.1, 0.15) is 5.56 Å². The van der Waals surface area contributed by atoms with Gasteiger partial charge in [0.2, 0.25) is 0 Å². The molecule has 0 bridgehead atoms. The van der Waals surface area contributed by atoms with E-state index in [-0.39, 0.29) is 5.82 Å². The van der Waals surface area contributed by atoms with Gasteiger partial charge < -0.3 is 4.98 Å². The molecule has 1 aromatic carbocycles. The van der Waals surface area contributed by atoms with Crippen molar-refractivity contribution in [3.05, 3.63) is 47.9 Å². The Hall–Kier alpha value is -2.23. The van der Waals surface area contributed by atoms with Crippen molar-refractivity contribution in [2.75, 3.05) is 0 Å². The average molecular weight is 227 g/mol. The number of nitrogens with zero attached hydrogens (tertiary/aromatic N) is 2. The van der Waals surface area contributed by atoms with Crippen molar-refractivity contribution in [3.8, 4) is 11.5 Å². The minimum Gasteiger partial charge on any atom is -0.337 e. The van der Waals surface area contributed by atoms with Gasteiger partial charge >= 0.3 is 0 Å². The molecule has 17 heavy (non-hydrogen) atoms. The van der Waals surface area contributed by atoms with Crippen molar-refractivity contribution in [2.24, 2.45) is 0 Å². The molecule has 0 atom stereocenters. The lowest BCUT2D eigenvalue weighted by molar-refractivity contribution is 0.629. The number of fused-ring (bicyclic) bond motifs is 1. The van der Waals surface area contributed by atoms with Crippen molar-refractivity contribution in [3.63, 3.8) is 0 Å². The fraction of sp³-hybridized carbons (Fsp3) is 0.0769. The van der Waals surface area contributed by atoms with E-state index in [0.717, 1.165) is 16.8 Å². The molecule has 3 rings (SSSR count). The third-order valence-electron chi connectivity index (χ3n) is 2.68. The molecule has 0 amide bonds. The Morgan fingerprint density at radius 3 is 2.94 bits per heavy atom. The highest BCUT2D eigenvalue weighted by molar-refractivity contribution is 5.79.